The normalized spacial score (nSPS) is 9.97. The largest absolute Gasteiger partial charge is 0.492 e. The summed E-state index contributed by atoms with van der Waals surface area (Å²) < 4.78 is 22.0. The lowest BCUT2D eigenvalue weighted by Gasteiger charge is -2.26. The van der Waals surface area contributed by atoms with Gasteiger partial charge in [-0.1, -0.05) is 52.2 Å². The lowest BCUT2D eigenvalue weighted by atomic mass is 10.2. The highest BCUT2D eigenvalue weighted by atomic mass is 35.5. The number of nitrogens with one attached hydrogen (secondary N) is 2. The van der Waals surface area contributed by atoms with Gasteiger partial charge in [0.25, 0.3) is 0 Å². The number of carbonyl (C=O) groups is 2. The molecule has 0 aliphatic rings. The molecule has 0 fully saturated rings. The Bertz CT molecular complexity index is 1580. The number of aliphatic imine (C=N–C) groups is 2. The Morgan fingerprint density at radius 3 is 1.48 bits per heavy atom. The smallest absolute Gasteiger partial charge is 0.410 e. The van der Waals surface area contributed by atoms with Gasteiger partial charge in [0, 0.05) is 18.8 Å². The minimum absolute atomic E-state index is 0. The molecule has 0 saturated carbocycles. The Hall–Kier alpha value is -2.94. The molecule has 6 N–H and O–H groups in total. The highest BCUT2D eigenvalue weighted by Gasteiger charge is 2.22. The van der Waals surface area contributed by atoms with E-state index in [2.05, 4.69) is 32.7 Å². The number of amidine groups is 2. The highest BCUT2D eigenvalue weighted by Crippen LogP contribution is 2.19. The van der Waals surface area contributed by atoms with Gasteiger partial charge in [-0.05, 0) is 140 Å². The summed E-state index contributed by atoms with van der Waals surface area (Å²) in [5, 5.41) is 12.9. The van der Waals surface area contributed by atoms with E-state index < -0.39 is 11.2 Å². The van der Waals surface area contributed by atoms with E-state index in [1.54, 1.807) is 34.1 Å². The average molecular weight is 990 g/mol. The fourth-order valence-electron chi connectivity index (χ4n) is 3.85. The predicted molar refractivity (Wildman–Crippen MR) is 284 cm³/mol. The minimum atomic E-state index is -0.515. The van der Waals surface area contributed by atoms with Crippen LogP contribution in [0.4, 0.5) is 21.0 Å². The average Bonchev–Trinajstić information content (AvgIpc) is 3.09. The van der Waals surface area contributed by atoms with Crippen LogP contribution in [-0.2, 0) is 9.47 Å². The van der Waals surface area contributed by atoms with Crippen LogP contribution in [0, 0.1) is 5.41 Å². The Balaban J connectivity index is -0.000000207. The number of carbonyl (C=O) groups excluding carboxylic acids is 2. The number of isothiocyanates is 1. The van der Waals surface area contributed by atoms with Gasteiger partial charge in [-0.15, -0.1) is 12.4 Å². The van der Waals surface area contributed by atoms with Crippen LogP contribution in [0.2, 0.25) is 0 Å². The molecule has 0 heterocycles. The molecule has 2 aromatic rings. The van der Waals surface area contributed by atoms with Crippen LogP contribution in [0.5, 0.6) is 11.5 Å². The number of rotatable bonds is 14. The van der Waals surface area contributed by atoms with E-state index in [0.29, 0.717) is 61.2 Å². The molecule has 61 heavy (non-hydrogen) atoms. The monoisotopic (exact) mass is 988 g/mol. The molecular weight excluding hydrogens is 914 g/mol. The zero-order valence-electron chi connectivity index (χ0n) is 36.1. The van der Waals surface area contributed by atoms with Crippen molar-refractivity contribution in [2.45, 2.75) is 95.3 Å². The summed E-state index contributed by atoms with van der Waals surface area (Å²) >= 11 is 12.5. The zero-order valence-corrected chi connectivity index (χ0v) is 43.0. The number of amides is 2. The summed E-state index contributed by atoms with van der Waals surface area (Å²) in [5.41, 5.74) is 11.2. The van der Waals surface area contributed by atoms with Gasteiger partial charge in [0.1, 0.15) is 35.9 Å². The van der Waals surface area contributed by atoms with Gasteiger partial charge < -0.3 is 45.5 Å². The van der Waals surface area contributed by atoms with E-state index >= 15 is 0 Å². The Morgan fingerprint density at radius 1 is 0.770 bits per heavy atom. The number of ether oxygens (including phenoxy) is 4. The van der Waals surface area contributed by atoms with Gasteiger partial charge >= 0.3 is 12.2 Å². The van der Waals surface area contributed by atoms with Crippen molar-refractivity contribution >= 4 is 124 Å². The second kappa shape index (κ2) is 38.7. The summed E-state index contributed by atoms with van der Waals surface area (Å²) in [7, 11) is 0. The third-order valence-corrected chi connectivity index (χ3v) is 7.81. The van der Waals surface area contributed by atoms with Crippen molar-refractivity contribution < 1.29 is 28.5 Å². The molecule has 2 amide bonds. The summed E-state index contributed by atoms with van der Waals surface area (Å²) in [4.78, 5) is 35.3. The number of thiocarbonyl (C=S) groups is 2. The zero-order chi connectivity index (χ0) is 42.7. The van der Waals surface area contributed by atoms with Crippen LogP contribution >= 0.6 is 80.2 Å². The maximum absolute atomic E-state index is 12.1. The molecule has 0 radical (unpaired) electrons. The van der Waals surface area contributed by atoms with Crippen LogP contribution in [0.15, 0.2) is 58.5 Å². The number of benzene rings is 2. The first kappa shape index (κ1) is 69.7. The van der Waals surface area contributed by atoms with Crippen molar-refractivity contribution in [1.82, 2.24) is 9.80 Å². The molecule has 0 aromatic heterocycles. The third-order valence-electron chi connectivity index (χ3n) is 6.25. The van der Waals surface area contributed by atoms with Crippen LogP contribution in [-0.4, -0.2) is 105 Å². The number of nitrogens with zero attached hydrogens (tertiary/aromatic N) is 4. The Kier molecular flexibility index (Phi) is 44.3. The molecule has 352 valence electrons. The lowest BCUT2D eigenvalue weighted by molar-refractivity contribution is 0.0227. The summed E-state index contributed by atoms with van der Waals surface area (Å²) in [5.74, 6) is 3.15. The first-order valence-corrected chi connectivity index (χ1v) is 20.8. The molecule has 2 atom stereocenters. The standard InChI is InChI=1S/C19H30N4O3S2.C16H22N2O3S.C3H8N2S.2CH4.ClH.2H3P/c1-6-23(18(24)26-19(3,4)5)12-13-25-15-10-8-14(9-11-15)21-17(27)22-16(20)28-7-2;1-5-18(15(19)21-16(2,3)4)10-11-20-14-8-6-13(7-9-14)17-12-22;1-2-6-3(4)5;;;;;/h8-11H,6-7,12-13H2,1-5H3,(H3,20,21,22,27);6-9H,5,10-11H2,1-4H3;2H2,1H3,(H3,4,5);2*1H4;1H;2*1H3. The highest BCUT2D eigenvalue weighted by molar-refractivity contribution is 8.14. The molecule has 0 aliphatic heterocycles. The number of hydrogen-bond acceptors (Lipinski definition) is 12. The Labute approximate surface area is 398 Å². The van der Waals surface area contributed by atoms with Crippen molar-refractivity contribution in [2.24, 2.45) is 21.5 Å². The first-order valence-electron chi connectivity index (χ1n) is 18.0. The molecule has 14 nitrogen and oxygen atoms in total. The summed E-state index contributed by atoms with van der Waals surface area (Å²) in [6.07, 6.45) is -0.669. The van der Waals surface area contributed by atoms with E-state index in [1.165, 1.54) is 23.5 Å². The molecule has 0 aliphatic carbocycles. The summed E-state index contributed by atoms with van der Waals surface area (Å²) in [6, 6.07) is 14.5. The maximum Gasteiger partial charge on any atom is 0.410 e. The SMILES string of the molecule is C.C.CCN(CCOc1ccc(N=C=S)cc1)C(=O)OC(C)(C)C.CCSC(=N)N.CCSC(N)=NC(=S)Nc1ccc(OCCN(CC)C(=O)OC(C)(C)C)cc1.Cl.P.P. The minimum Gasteiger partial charge on any atom is -0.492 e. The van der Waals surface area contributed by atoms with Crippen molar-refractivity contribution in [1.29, 1.82) is 5.41 Å². The molecule has 0 saturated heterocycles. The molecule has 2 aromatic carbocycles. The molecule has 2 rings (SSSR count). The number of nitrogens with two attached hydrogens (primary N) is 2. The third kappa shape index (κ3) is 37.3. The van der Waals surface area contributed by atoms with Gasteiger partial charge in [0.05, 0.1) is 23.9 Å². The quantitative estimate of drug-likeness (QED) is 0.0606. The molecule has 0 bridgehead atoms. The topological polar surface area (TPSA) is 190 Å². The van der Waals surface area contributed by atoms with Crippen molar-refractivity contribution in [3.8, 4) is 11.5 Å². The lowest BCUT2D eigenvalue weighted by Crippen LogP contribution is -2.38. The molecular formula is C40H75ClN8O6P2S4. The fraction of sp³-hybridized carbons (Fsp3) is 0.550. The molecule has 0 spiro atoms. The van der Waals surface area contributed by atoms with Crippen LogP contribution < -0.4 is 26.3 Å². The van der Waals surface area contributed by atoms with E-state index in [0.717, 1.165) is 22.9 Å². The van der Waals surface area contributed by atoms with Crippen LogP contribution in [0.3, 0.4) is 0 Å². The molecule has 2 unspecified atom stereocenters. The van der Waals surface area contributed by atoms with E-state index in [1.807, 2.05) is 93.5 Å². The van der Waals surface area contributed by atoms with E-state index in [-0.39, 0.29) is 64.4 Å². The summed E-state index contributed by atoms with van der Waals surface area (Å²) in [6.45, 7) is 21.6. The van der Waals surface area contributed by atoms with Gasteiger partial charge in [-0.25, -0.2) is 9.59 Å². The van der Waals surface area contributed by atoms with Crippen LogP contribution in [0.1, 0.15) is 84.1 Å². The Morgan fingerprint density at radius 2 is 1.16 bits per heavy atom. The van der Waals surface area contributed by atoms with Gasteiger partial charge in [-0.2, -0.15) is 29.8 Å². The van der Waals surface area contributed by atoms with Crippen LogP contribution in [0.25, 0.3) is 0 Å². The predicted octanol–water partition coefficient (Wildman–Crippen LogP) is 10.6. The van der Waals surface area contributed by atoms with Gasteiger partial charge in [0.15, 0.2) is 15.4 Å². The second-order valence-electron chi connectivity index (χ2n) is 13.1. The van der Waals surface area contributed by atoms with Crippen molar-refractivity contribution in [3.63, 3.8) is 0 Å². The number of thioether (sulfide) groups is 2. The number of anilines is 1. The molecule has 21 heteroatoms. The number of hydrogen-bond donors (Lipinski definition) is 4. The fourth-order valence-corrected chi connectivity index (χ4v) is 4.99. The van der Waals surface area contributed by atoms with E-state index in [9.17, 15) is 9.59 Å². The maximum atomic E-state index is 12.1. The first-order chi connectivity index (χ1) is 26.3. The van der Waals surface area contributed by atoms with Crippen molar-refractivity contribution in [3.05, 3.63) is 48.5 Å². The van der Waals surface area contributed by atoms with Gasteiger partial charge in [-0.3, -0.25) is 5.41 Å². The van der Waals surface area contributed by atoms with E-state index in [4.69, 9.17) is 48.0 Å². The second-order valence-corrected chi connectivity index (χ2v) is 16.3. The van der Waals surface area contributed by atoms with Crippen molar-refractivity contribution in [2.75, 3.05) is 56.2 Å². The number of halogens is 1. The van der Waals surface area contributed by atoms with Gasteiger partial charge in [0.2, 0.25) is 0 Å². The number of likely N-dealkylation sites (N-methyl/N-ethyl adjacent to an activating group) is 2.